The first-order chi connectivity index (χ1) is 10.4. The molecule has 1 fully saturated rings. The molecule has 1 aliphatic rings. The van der Waals surface area contributed by atoms with Crippen LogP contribution >= 0.6 is 0 Å². The number of ether oxygens (including phenoxy) is 2. The molecule has 0 saturated carbocycles. The van der Waals surface area contributed by atoms with Crippen molar-refractivity contribution >= 4 is 10.3 Å². The third kappa shape index (κ3) is 3.49. The summed E-state index contributed by atoms with van der Waals surface area (Å²) in [5.41, 5.74) is 1.91. The van der Waals surface area contributed by atoms with Gasteiger partial charge in [0.05, 0.1) is 7.11 Å². The highest BCUT2D eigenvalue weighted by Crippen LogP contribution is 2.42. The zero-order valence-corrected chi connectivity index (χ0v) is 14.1. The predicted octanol–water partition coefficient (Wildman–Crippen LogP) is 2.41. The van der Waals surface area contributed by atoms with Crippen molar-refractivity contribution in [2.75, 3.05) is 7.11 Å². The largest absolute Gasteiger partial charge is 0.338 e. The third-order valence-corrected chi connectivity index (χ3v) is 4.97. The summed E-state index contributed by atoms with van der Waals surface area (Å²) in [6.07, 6.45) is -0.106. The van der Waals surface area contributed by atoms with Gasteiger partial charge in [-0.15, -0.1) is 0 Å². The molecule has 0 bridgehead atoms. The molecular formula is C15H23NO5S. The average molecular weight is 329 g/mol. The van der Waals surface area contributed by atoms with Crippen molar-refractivity contribution in [2.24, 2.45) is 0 Å². The summed E-state index contributed by atoms with van der Waals surface area (Å²) in [6.45, 7) is 5.86. The smallest absolute Gasteiger partial charge is 0.337 e. The highest BCUT2D eigenvalue weighted by molar-refractivity contribution is 7.84. The van der Waals surface area contributed by atoms with Crippen LogP contribution in [0.1, 0.15) is 43.9 Å². The van der Waals surface area contributed by atoms with Gasteiger partial charge in [0.2, 0.25) is 0 Å². The van der Waals surface area contributed by atoms with E-state index in [1.807, 2.05) is 45.0 Å². The lowest BCUT2D eigenvalue weighted by molar-refractivity contribution is -0.180. The van der Waals surface area contributed by atoms with Crippen LogP contribution in [0.15, 0.2) is 24.3 Å². The molecule has 0 unspecified atom stereocenters. The molecule has 1 aromatic rings. The second-order valence-corrected chi connectivity index (χ2v) is 6.77. The summed E-state index contributed by atoms with van der Waals surface area (Å²) in [6, 6.07) is 7.69. The van der Waals surface area contributed by atoms with Crippen molar-refractivity contribution in [3.63, 3.8) is 0 Å². The first kappa shape index (κ1) is 17.4. The summed E-state index contributed by atoms with van der Waals surface area (Å²) in [4.78, 5) is 0. The number of rotatable bonds is 6. The third-order valence-electron chi connectivity index (χ3n) is 4.01. The standard InChI is InChI=1S/C15H23NO5S/c1-5-15(6-2)20-13(12-10-8-7-9-11(12)3)14(21-15)16-22(17,18)19-4/h7-10,13-14,16H,5-6H2,1-4H3/t13-,14-/m1/s1. The Morgan fingerprint density at radius 2 is 1.86 bits per heavy atom. The van der Waals surface area contributed by atoms with Gasteiger partial charge < -0.3 is 9.47 Å². The van der Waals surface area contributed by atoms with Crippen LogP contribution in [0.4, 0.5) is 0 Å². The van der Waals surface area contributed by atoms with Crippen LogP contribution in [0.2, 0.25) is 0 Å². The first-order valence-electron chi connectivity index (χ1n) is 7.35. The van der Waals surface area contributed by atoms with Crippen molar-refractivity contribution in [1.29, 1.82) is 0 Å². The minimum absolute atomic E-state index is 0.522. The van der Waals surface area contributed by atoms with E-state index in [0.717, 1.165) is 18.2 Å². The fourth-order valence-electron chi connectivity index (χ4n) is 2.61. The van der Waals surface area contributed by atoms with Gasteiger partial charge in [-0.25, -0.2) is 0 Å². The lowest BCUT2D eigenvalue weighted by Gasteiger charge is -2.25. The average Bonchev–Trinajstić information content (AvgIpc) is 2.86. The molecule has 22 heavy (non-hydrogen) atoms. The van der Waals surface area contributed by atoms with Crippen LogP contribution in [-0.2, 0) is 24.0 Å². The Morgan fingerprint density at radius 3 is 2.41 bits per heavy atom. The minimum atomic E-state index is -3.88. The monoisotopic (exact) mass is 329 g/mol. The van der Waals surface area contributed by atoms with Gasteiger partial charge in [0.1, 0.15) is 6.10 Å². The van der Waals surface area contributed by atoms with Crippen molar-refractivity contribution in [3.8, 4) is 0 Å². The van der Waals surface area contributed by atoms with Gasteiger partial charge in [-0.05, 0) is 30.9 Å². The van der Waals surface area contributed by atoms with Gasteiger partial charge in [0, 0.05) is 0 Å². The zero-order valence-electron chi connectivity index (χ0n) is 13.3. The van der Waals surface area contributed by atoms with E-state index in [4.69, 9.17) is 9.47 Å². The number of hydrogen-bond donors (Lipinski definition) is 1. The summed E-state index contributed by atoms with van der Waals surface area (Å²) in [5.74, 6) is -0.798. The molecule has 1 aromatic carbocycles. The Kier molecular flexibility index (Phi) is 5.24. The number of hydrogen-bond acceptors (Lipinski definition) is 5. The van der Waals surface area contributed by atoms with E-state index in [2.05, 4.69) is 8.91 Å². The zero-order chi connectivity index (χ0) is 16.4. The molecule has 6 nitrogen and oxygen atoms in total. The molecule has 1 N–H and O–H groups in total. The molecule has 2 rings (SSSR count). The van der Waals surface area contributed by atoms with Gasteiger partial charge >= 0.3 is 10.3 Å². The van der Waals surface area contributed by atoms with Crippen LogP contribution in [0.3, 0.4) is 0 Å². The molecule has 0 aliphatic carbocycles. The van der Waals surface area contributed by atoms with Crippen molar-refractivity contribution < 1.29 is 22.1 Å². The van der Waals surface area contributed by atoms with Crippen molar-refractivity contribution in [2.45, 2.75) is 51.7 Å². The van der Waals surface area contributed by atoms with Gasteiger partial charge in [-0.2, -0.15) is 13.1 Å². The summed E-state index contributed by atoms with van der Waals surface area (Å²) < 4.78 is 42.4. The maximum absolute atomic E-state index is 11.7. The van der Waals surface area contributed by atoms with E-state index in [9.17, 15) is 8.42 Å². The van der Waals surface area contributed by atoms with E-state index >= 15 is 0 Å². The number of aryl methyl sites for hydroxylation is 1. The predicted molar refractivity (Wildman–Crippen MR) is 82.3 cm³/mol. The van der Waals surface area contributed by atoms with Gasteiger partial charge in [-0.1, -0.05) is 38.1 Å². The highest BCUT2D eigenvalue weighted by Gasteiger charge is 2.47. The number of nitrogens with one attached hydrogen (secondary N) is 1. The molecular weight excluding hydrogens is 306 g/mol. The minimum Gasteiger partial charge on any atom is -0.338 e. The maximum atomic E-state index is 11.7. The molecule has 124 valence electrons. The Labute approximate surface area is 132 Å². The topological polar surface area (TPSA) is 73.9 Å². The molecule has 1 aliphatic heterocycles. The lowest BCUT2D eigenvalue weighted by atomic mass is 10.0. The van der Waals surface area contributed by atoms with Gasteiger partial charge in [0.25, 0.3) is 0 Å². The highest BCUT2D eigenvalue weighted by atomic mass is 32.2. The molecule has 7 heteroatoms. The molecule has 1 saturated heterocycles. The molecule has 0 amide bonds. The van der Waals surface area contributed by atoms with Gasteiger partial charge in [0.15, 0.2) is 12.0 Å². The van der Waals surface area contributed by atoms with Crippen LogP contribution in [0.25, 0.3) is 0 Å². The first-order valence-corrected chi connectivity index (χ1v) is 8.76. The molecule has 2 atom stereocenters. The van der Waals surface area contributed by atoms with E-state index < -0.39 is 28.4 Å². The fourth-order valence-corrected chi connectivity index (χ4v) is 3.16. The quantitative estimate of drug-likeness (QED) is 0.867. The van der Waals surface area contributed by atoms with Crippen LogP contribution in [-0.4, -0.2) is 27.5 Å². The lowest BCUT2D eigenvalue weighted by Crippen LogP contribution is -2.40. The van der Waals surface area contributed by atoms with Crippen molar-refractivity contribution in [1.82, 2.24) is 4.72 Å². The van der Waals surface area contributed by atoms with Crippen LogP contribution in [0.5, 0.6) is 0 Å². The van der Waals surface area contributed by atoms with E-state index in [0.29, 0.717) is 12.8 Å². The molecule has 0 aromatic heterocycles. The Bertz CT molecular complexity index is 612. The van der Waals surface area contributed by atoms with Crippen LogP contribution < -0.4 is 4.72 Å². The van der Waals surface area contributed by atoms with Crippen LogP contribution in [0, 0.1) is 6.92 Å². The molecule has 0 radical (unpaired) electrons. The second kappa shape index (κ2) is 6.64. The molecule has 1 heterocycles. The Balaban J connectivity index is 2.37. The second-order valence-electron chi connectivity index (χ2n) is 5.29. The van der Waals surface area contributed by atoms with E-state index in [1.54, 1.807) is 0 Å². The SMILES string of the molecule is CCC1(CC)O[C@@H](NS(=O)(=O)OC)[C@@H](c2ccccc2C)O1. The normalized spacial score (nSPS) is 24.5. The number of benzene rings is 1. The summed E-state index contributed by atoms with van der Waals surface area (Å²) in [7, 11) is -2.77. The Morgan fingerprint density at radius 1 is 1.23 bits per heavy atom. The fraction of sp³-hybridized carbons (Fsp3) is 0.600. The molecule has 0 spiro atoms. The van der Waals surface area contributed by atoms with Crippen molar-refractivity contribution in [3.05, 3.63) is 35.4 Å². The summed E-state index contributed by atoms with van der Waals surface area (Å²) >= 11 is 0. The Hall–Kier alpha value is -0.990. The van der Waals surface area contributed by atoms with E-state index in [-0.39, 0.29) is 0 Å². The van der Waals surface area contributed by atoms with E-state index in [1.165, 1.54) is 0 Å². The van der Waals surface area contributed by atoms with Gasteiger partial charge in [-0.3, -0.25) is 4.18 Å². The summed E-state index contributed by atoms with van der Waals surface area (Å²) in [5, 5.41) is 0. The maximum Gasteiger partial charge on any atom is 0.337 e.